The number of aromatic hydroxyl groups is 2. The fourth-order valence-corrected chi connectivity index (χ4v) is 4.31. The number of hydrogen-bond acceptors (Lipinski definition) is 4. The average molecular weight is 354 g/mol. The predicted octanol–water partition coefficient (Wildman–Crippen LogP) is 3.29. The van der Waals surface area contributed by atoms with Crippen molar-refractivity contribution in [3.63, 3.8) is 0 Å². The van der Waals surface area contributed by atoms with Gasteiger partial charge >= 0.3 is 0 Å². The molecule has 2 atom stereocenters. The molecule has 0 spiro atoms. The van der Waals surface area contributed by atoms with Crippen LogP contribution in [0.5, 0.6) is 11.5 Å². The monoisotopic (exact) mass is 353 g/mol. The summed E-state index contributed by atoms with van der Waals surface area (Å²) in [5, 5.41) is 25.2. The summed E-state index contributed by atoms with van der Waals surface area (Å²) in [6, 6.07) is 6.12. The Morgan fingerprint density at radius 1 is 1.15 bits per heavy atom. The van der Waals surface area contributed by atoms with Crippen LogP contribution in [-0.2, 0) is 13.0 Å². The van der Waals surface area contributed by atoms with Crippen LogP contribution in [0.2, 0.25) is 0 Å². The number of phenolic OH excluding ortho intramolecular Hbond substituents is 2. The zero-order valence-electron chi connectivity index (χ0n) is 10.8. The van der Waals surface area contributed by atoms with Crippen molar-refractivity contribution in [3.8, 4) is 11.5 Å². The van der Waals surface area contributed by atoms with Gasteiger partial charge in [-0.15, -0.1) is 28.3 Å². The molecule has 2 aromatic rings. The Morgan fingerprint density at radius 2 is 1.95 bits per heavy atom. The SMILES string of the molecule is Br.Oc1cc2c(cc1O)[C@@H]1c3ccsc3CN[C@H]1CC2. The number of fused-ring (bicyclic) bond motifs is 5. The molecule has 3 N–H and O–H groups in total. The van der Waals surface area contributed by atoms with Gasteiger partial charge in [0.2, 0.25) is 0 Å². The molecule has 5 heteroatoms. The summed E-state index contributed by atoms with van der Waals surface area (Å²) in [5.74, 6) is 0.290. The molecule has 0 saturated carbocycles. The Labute approximate surface area is 132 Å². The third-order valence-corrected chi connectivity index (χ3v) is 5.27. The standard InChI is InChI=1S/C15H15NO2S.BrH/c17-12-5-8-1-2-11-15(10(8)6-13(12)18)9-3-4-19-14(9)7-16-11;/h3-6,11,15-18H,1-2,7H2;1H/t11-,15-;/m0./s1. The van der Waals surface area contributed by atoms with E-state index in [2.05, 4.69) is 16.8 Å². The van der Waals surface area contributed by atoms with E-state index in [9.17, 15) is 10.2 Å². The molecule has 0 bridgehead atoms. The number of benzene rings is 1. The van der Waals surface area contributed by atoms with Crippen LogP contribution in [0.15, 0.2) is 23.6 Å². The first-order chi connectivity index (χ1) is 9.24. The molecule has 2 heterocycles. The predicted molar refractivity (Wildman–Crippen MR) is 85.2 cm³/mol. The fraction of sp³-hybridized carbons (Fsp3) is 0.333. The molecule has 106 valence electrons. The van der Waals surface area contributed by atoms with Gasteiger partial charge in [0, 0.05) is 23.4 Å². The Kier molecular flexibility index (Phi) is 3.52. The summed E-state index contributed by atoms with van der Waals surface area (Å²) in [5.41, 5.74) is 3.72. The van der Waals surface area contributed by atoms with E-state index in [1.807, 2.05) is 0 Å². The molecular formula is C15H16BrNO2S. The summed E-state index contributed by atoms with van der Waals surface area (Å²) < 4.78 is 0. The number of halogens is 1. The van der Waals surface area contributed by atoms with E-state index in [4.69, 9.17) is 0 Å². The van der Waals surface area contributed by atoms with Gasteiger partial charge in [-0.1, -0.05) is 0 Å². The fourth-order valence-electron chi connectivity index (χ4n) is 3.44. The largest absolute Gasteiger partial charge is 0.504 e. The summed E-state index contributed by atoms with van der Waals surface area (Å²) in [7, 11) is 0. The quantitative estimate of drug-likeness (QED) is 0.637. The van der Waals surface area contributed by atoms with E-state index in [0.29, 0.717) is 12.0 Å². The van der Waals surface area contributed by atoms with Gasteiger partial charge in [-0.3, -0.25) is 0 Å². The third kappa shape index (κ3) is 1.96. The smallest absolute Gasteiger partial charge is 0.157 e. The summed E-state index contributed by atoms with van der Waals surface area (Å²) in [4.78, 5) is 1.39. The zero-order valence-corrected chi connectivity index (χ0v) is 13.3. The van der Waals surface area contributed by atoms with Gasteiger partial charge in [0.05, 0.1) is 0 Å². The van der Waals surface area contributed by atoms with Crippen molar-refractivity contribution < 1.29 is 10.2 Å². The van der Waals surface area contributed by atoms with E-state index >= 15 is 0 Å². The van der Waals surface area contributed by atoms with E-state index in [0.717, 1.165) is 24.9 Å². The Morgan fingerprint density at radius 3 is 2.80 bits per heavy atom. The van der Waals surface area contributed by atoms with Crippen molar-refractivity contribution >= 4 is 28.3 Å². The average Bonchev–Trinajstić information content (AvgIpc) is 2.88. The molecule has 2 aliphatic rings. The molecule has 0 amide bonds. The van der Waals surface area contributed by atoms with Gasteiger partial charge in [-0.25, -0.2) is 0 Å². The van der Waals surface area contributed by atoms with Crippen LogP contribution in [0, 0.1) is 0 Å². The van der Waals surface area contributed by atoms with Gasteiger partial charge in [0.15, 0.2) is 11.5 Å². The van der Waals surface area contributed by atoms with Gasteiger partial charge in [-0.05, 0) is 53.1 Å². The van der Waals surface area contributed by atoms with Crippen LogP contribution in [0.3, 0.4) is 0 Å². The highest BCUT2D eigenvalue weighted by Crippen LogP contribution is 2.45. The lowest BCUT2D eigenvalue weighted by atomic mass is 9.74. The second-order valence-corrected chi connectivity index (χ2v) is 6.34. The first kappa shape index (κ1) is 13.9. The van der Waals surface area contributed by atoms with E-state index < -0.39 is 0 Å². The summed E-state index contributed by atoms with van der Waals surface area (Å²) >= 11 is 1.79. The molecule has 0 unspecified atom stereocenters. The lowest BCUT2D eigenvalue weighted by Crippen LogP contribution is -2.41. The van der Waals surface area contributed by atoms with Crippen molar-refractivity contribution in [1.82, 2.24) is 5.32 Å². The van der Waals surface area contributed by atoms with Crippen LogP contribution in [0.1, 0.15) is 33.9 Å². The highest BCUT2D eigenvalue weighted by molar-refractivity contribution is 8.93. The van der Waals surface area contributed by atoms with Crippen LogP contribution in [0.4, 0.5) is 0 Å². The van der Waals surface area contributed by atoms with E-state index in [1.54, 1.807) is 23.5 Å². The molecule has 0 saturated heterocycles. The minimum absolute atomic E-state index is 0. The molecule has 1 aromatic carbocycles. The van der Waals surface area contributed by atoms with Gasteiger partial charge in [0.1, 0.15) is 0 Å². The highest BCUT2D eigenvalue weighted by Gasteiger charge is 2.35. The Balaban J connectivity index is 0.00000121. The Bertz CT molecular complexity index is 655. The van der Waals surface area contributed by atoms with Crippen LogP contribution in [0.25, 0.3) is 0 Å². The maximum absolute atomic E-state index is 9.80. The summed E-state index contributed by atoms with van der Waals surface area (Å²) in [6.07, 6.45) is 2.04. The second kappa shape index (κ2) is 5.06. The van der Waals surface area contributed by atoms with Crippen LogP contribution in [-0.4, -0.2) is 16.3 Å². The van der Waals surface area contributed by atoms with Crippen molar-refractivity contribution in [3.05, 3.63) is 45.1 Å². The zero-order chi connectivity index (χ0) is 13.0. The molecule has 1 aliphatic heterocycles. The molecule has 0 fully saturated rings. The molecular weight excluding hydrogens is 338 g/mol. The first-order valence-electron chi connectivity index (χ1n) is 6.58. The molecule has 20 heavy (non-hydrogen) atoms. The van der Waals surface area contributed by atoms with E-state index in [-0.39, 0.29) is 28.5 Å². The van der Waals surface area contributed by atoms with E-state index in [1.165, 1.54) is 16.0 Å². The number of nitrogens with one attached hydrogen (secondary N) is 1. The maximum Gasteiger partial charge on any atom is 0.157 e. The van der Waals surface area contributed by atoms with Crippen LogP contribution < -0.4 is 5.32 Å². The van der Waals surface area contributed by atoms with Gasteiger partial charge in [0.25, 0.3) is 0 Å². The molecule has 0 radical (unpaired) electrons. The first-order valence-corrected chi connectivity index (χ1v) is 7.46. The Hall–Kier alpha value is -1.04. The highest BCUT2D eigenvalue weighted by atomic mass is 79.9. The maximum atomic E-state index is 9.80. The van der Waals surface area contributed by atoms with Crippen molar-refractivity contribution in [2.24, 2.45) is 0 Å². The number of phenols is 2. The number of aryl methyl sites for hydroxylation is 1. The third-order valence-electron chi connectivity index (χ3n) is 4.34. The molecule has 1 aromatic heterocycles. The topological polar surface area (TPSA) is 52.5 Å². The van der Waals surface area contributed by atoms with Crippen LogP contribution >= 0.6 is 28.3 Å². The lowest BCUT2D eigenvalue weighted by Gasteiger charge is -2.38. The number of thiophene rings is 1. The molecule has 4 rings (SSSR count). The minimum atomic E-state index is -0.0123. The second-order valence-electron chi connectivity index (χ2n) is 5.34. The summed E-state index contributed by atoms with van der Waals surface area (Å²) in [6.45, 7) is 0.952. The minimum Gasteiger partial charge on any atom is -0.504 e. The van der Waals surface area contributed by atoms with Crippen molar-refractivity contribution in [1.29, 1.82) is 0 Å². The van der Waals surface area contributed by atoms with Crippen molar-refractivity contribution in [2.75, 3.05) is 0 Å². The molecule has 3 nitrogen and oxygen atoms in total. The number of hydrogen-bond donors (Lipinski definition) is 3. The van der Waals surface area contributed by atoms with Gasteiger partial charge in [-0.2, -0.15) is 0 Å². The molecule has 1 aliphatic carbocycles. The van der Waals surface area contributed by atoms with Gasteiger partial charge < -0.3 is 15.5 Å². The number of rotatable bonds is 0. The van der Waals surface area contributed by atoms with Crippen molar-refractivity contribution in [2.45, 2.75) is 31.3 Å². The lowest BCUT2D eigenvalue weighted by molar-refractivity contribution is 0.382. The normalized spacial score (nSPS) is 23.2.